The lowest BCUT2D eigenvalue weighted by atomic mass is 10.1. The number of benzene rings is 1. The van der Waals surface area contributed by atoms with E-state index in [9.17, 15) is 26.4 Å². The van der Waals surface area contributed by atoms with Crippen LogP contribution in [0.25, 0.3) is 0 Å². The number of halogens is 4. The Balaban J connectivity index is 1.62. The van der Waals surface area contributed by atoms with Crippen molar-refractivity contribution in [3.63, 3.8) is 0 Å². The Morgan fingerprint density at radius 2 is 1.88 bits per heavy atom. The quantitative estimate of drug-likeness (QED) is 0.493. The fourth-order valence-electron chi connectivity index (χ4n) is 2.83. The molecule has 7 nitrogen and oxygen atoms in total. The van der Waals surface area contributed by atoms with Crippen molar-refractivity contribution in [2.45, 2.75) is 24.0 Å². The minimum atomic E-state index is -4.58. The summed E-state index contributed by atoms with van der Waals surface area (Å²) in [7, 11) is -3.27. The van der Waals surface area contributed by atoms with Crippen molar-refractivity contribution in [1.82, 2.24) is 15.0 Å². The van der Waals surface area contributed by atoms with Crippen LogP contribution in [0.4, 0.5) is 19.0 Å². The van der Waals surface area contributed by atoms with Crippen LogP contribution in [0.3, 0.4) is 0 Å². The number of amides is 1. The lowest BCUT2D eigenvalue weighted by Crippen LogP contribution is -2.31. The van der Waals surface area contributed by atoms with Gasteiger partial charge in [-0.05, 0) is 42.3 Å². The second kappa shape index (κ2) is 9.21. The number of aromatic nitrogens is 2. The van der Waals surface area contributed by atoms with Crippen LogP contribution in [-0.4, -0.2) is 30.1 Å². The third-order valence-electron chi connectivity index (χ3n) is 4.52. The smallest absolute Gasteiger partial charge is 0.343 e. The fraction of sp³-hybridized carbons (Fsp3) is 0.200. The lowest BCUT2D eigenvalue weighted by Gasteiger charge is -2.13. The van der Waals surface area contributed by atoms with Crippen LogP contribution < -0.4 is 10.9 Å². The van der Waals surface area contributed by atoms with Gasteiger partial charge in [0.1, 0.15) is 5.69 Å². The van der Waals surface area contributed by atoms with Crippen molar-refractivity contribution in [3.05, 3.63) is 76.7 Å². The second-order valence-corrected chi connectivity index (χ2v) is 9.31. The van der Waals surface area contributed by atoms with Gasteiger partial charge in [0.2, 0.25) is 0 Å². The molecular formula is C20H18ClF3N4O3S. The molecule has 0 aliphatic carbocycles. The minimum absolute atomic E-state index is 0.128. The van der Waals surface area contributed by atoms with Gasteiger partial charge < -0.3 is 4.57 Å². The Bertz CT molecular complexity index is 1230. The Labute approximate surface area is 187 Å². The van der Waals surface area contributed by atoms with Crippen molar-refractivity contribution in [2.75, 3.05) is 11.7 Å². The van der Waals surface area contributed by atoms with Crippen molar-refractivity contribution < 1.29 is 26.4 Å². The predicted molar refractivity (Wildman–Crippen MR) is 113 cm³/mol. The summed E-state index contributed by atoms with van der Waals surface area (Å²) >= 11 is 5.81. The number of hydrazine groups is 1. The van der Waals surface area contributed by atoms with Crippen molar-refractivity contribution in [3.8, 4) is 0 Å². The molecule has 0 unspecified atom stereocenters. The molecule has 0 spiro atoms. The number of hydrogen-bond acceptors (Lipinski definition) is 5. The van der Waals surface area contributed by atoms with E-state index >= 15 is 0 Å². The number of alkyl halides is 3. The second-order valence-electron chi connectivity index (χ2n) is 6.88. The standard InChI is InChI=1S/C20H18ClF3N4O3S/c1-32(30,31)15-6-4-13(5-7-15)8-10-28-9-2-3-17(28)19(29)27-26-18-16(21)11-14(12-25-18)20(22,23)24/h2-7,9,11-12H,8,10H2,1H3,(H,25,26)(H,27,29). The van der Waals surface area contributed by atoms with E-state index in [1.165, 1.54) is 12.1 Å². The van der Waals surface area contributed by atoms with E-state index < -0.39 is 27.5 Å². The molecule has 0 fully saturated rings. The monoisotopic (exact) mass is 486 g/mol. The Morgan fingerprint density at radius 1 is 1.19 bits per heavy atom. The molecule has 2 N–H and O–H groups in total. The molecule has 0 aliphatic rings. The SMILES string of the molecule is CS(=O)(=O)c1ccc(CCn2cccc2C(=O)NNc2ncc(C(F)(F)F)cc2Cl)cc1. The van der Waals surface area contributed by atoms with Crippen LogP contribution in [0.15, 0.2) is 59.8 Å². The minimum Gasteiger partial charge on any atom is -0.343 e. The molecule has 3 rings (SSSR count). The number of carbonyl (C=O) groups is 1. The van der Waals surface area contributed by atoms with Gasteiger partial charge in [-0.25, -0.2) is 13.4 Å². The molecule has 3 aromatic rings. The average Bonchev–Trinajstić information content (AvgIpc) is 3.19. The van der Waals surface area contributed by atoms with Gasteiger partial charge in [0, 0.05) is 25.2 Å². The van der Waals surface area contributed by atoms with Crippen molar-refractivity contribution >= 4 is 33.2 Å². The normalized spacial score (nSPS) is 11.9. The van der Waals surface area contributed by atoms with Crippen LogP contribution in [-0.2, 0) is 29.0 Å². The van der Waals surface area contributed by atoms with Crippen LogP contribution in [0.2, 0.25) is 5.02 Å². The number of nitrogens with one attached hydrogen (secondary N) is 2. The van der Waals surface area contributed by atoms with Gasteiger partial charge in [-0.15, -0.1) is 0 Å². The number of pyridine rings is 1. The highest BCUT2D eigenvalue weighted by Gasteiger charge is 2.31. The van der Waals surface area contributed by atoms with Crippen molar-refractivity contribution in [2.24, 2.45) is 0 Å². The van der Waals surface area contributed by atoms with E-state index in [1.807, 2.05) is 0 Å². The maximum atomic E-state index is 12.7. The number of anilines is 1. The zero-order valence-electron chi connectivity index (χ0n) is 16.6. The molecule has 1 aromatic carbocycles. The number of sulfone groups is 1. The molecule has 12 heteroatoms. The van der Waals surface area contributed by atoms with Gasteiger partial charge in [-0.1, -0.05) is 23.7 Å². The molecule has 0 bridgehead atoms. The van der Waals surface area contributed by atoms with E-state index in [0.29, 0.717) is 30.9 Å². The van der Waals surface area contributed by atoms with Gasteiger partial charge in [-0.2, -0.15) is 13.2 Å². The Kier molecular flexibility index (Phi) is 6.79. The summed E-state index contributed by atoms with van der Waals surface area (Å²) in [6, 6.07) is 10.4. The van der Waals surface area contributed by atoms with Gasteiger partial charge in [0.05, 0.1) is 15.5 Å². The topological polar surface area (TPSA) is 93.1 Å². The number of nitrogens with zero attached hydrogens (tertiary/aromatic N) is 2. The molecule has 0 saturated heterocycles. The van der Waals surface area contributed by atoms with Gasteiger partial charge >= 0.3 is 6.18 Å². The van der Waals surface area contributed by atoms with Crippen LogP contribution >= 0.6 is 11.6 Å². The zero-order chi connectivity index (χ0) is 23.5. The Hall–Kier alpha value is -3.05. The molecule has 0 radical (unpaired) electrons. The molecule has 2 heterocycles. The maximum Gasteiger partial charge on any atom is 0.417 e. The van der Waals surface area contributed by atoms with Gasteiger partial charge in [-0.3, -0.25) is 15.6 Å². The summed E-state index contributed by atoms with van der Waals surface area (Å²) in [6.45, 7) is 0.438. The molecule has 0 atom stereocenters. The highest BCUT2D eigenvalue weighted by atomic mass is 35.5. The fourth-order valence-corrected chi connectivity index (χ4v) is 3.68. The summed E-state index contributed by atoms with van der Waals surface area (Å²) in [5.74, 6) is -0.669. The van der Waals surface area contributed by atoms with Crippen LogP contribution in [0.1, 0.15) is 21.6 Å². The summed E-state index contributed by atoms with van der Waals surface area (Å²) < 4.78 is 62.8. The zero-order valence-corrected chi connectivity index (χ0v) is 18.2. The molecule has 170 valence electrons. The third kappa shape index (κ3) is 5.80. The van der Waals surface area contributed by atoms with Gasteiger partial charge in [0.15, 0.2) is 15.7 Å². The molecular weight excluding hydrogens is 469 g/mol. The summed E-state index contributed by atoms with van der Waals surface area (Å²) in [5, 5.41) is -0.298. The number of rotatable bonds is 7. The summed E-state index contributed by atoms with van der Waals surface area (Å²) in [6.07, 6.45) is -0.599. The van der Waals surface area contributed by atoms with Crippen LogP contribution in [0.5, 0.6) is 0 Å². The van der Waals surface area contributed by atoms with Crippen LogP contribution in [0, 0.1) is 0 Å². The summed E-state index contributed by atoms with van der Waals surface area (Å²) in [4.78, 5) is 16.3. The van der Waals surface area contributed by atoms with E-state index in [4.69, 9.17) is 11.6 Å². The first kappa shape index (κ1) is 23.6. The van der Waals surface area contributed by atoms with E-state index in [0.717, 1.165) is 11.8 Å². The van der Waals surface area contributed by atoms with E-state index in [2.05, 4.69) is 15.8 Å². The number of carbonyl (C=O) groups excluding carboxylic acids is 1. The van der Waals surface area contributed by atoms with E-state index in [-0.39, 0.29) is 15.7 Å². The predicted octanol–water partition coefficient (Wildman–Crippen LogP) is 3.96. The maximum absolute atomic E-state index is 12.7. The summed E-state index contributed by atoms with van der Waals surface area (Å²) in [5.41, 5.74) is 4.96. The first-order valence-electron chi connectivity index (χ1n) is 9.18. The first-order valence-corrected chi connectivity index (χ1v) is 11.5. The van der Waals surface area contributed by atoms with E-state index in [1.54, 1.807) is 35.0 Å². The highest BCUT2D eigenvalue weighted by molar-refractivity contribution is 7.90. The molecule has 0 aliphatic heterocycles. The Morgan fingerprint density at radius 3 is 2.47 bits per heavy atom. The third-order valence-corrected chi connectivity index (χ3v) is 5.93. The molecule has 0 saturated carbocycles. The molecule has 32 heavy (non-hydrogen) atoms. The molecule has 1 amide bonds. The van der Waals surface area contributed by atoms with Crippen molar-refractivity contribution in [1.29, 1.82) is 0 Å². The number of aryl methyl sites for hydroxylation is 2. The molecule has 2 aromatic heterocycles. The average molecular weight is 487 g/mol. The first-order chi connectivity index (χ1) is 14.9. The highest BCUT2D eigenvalue weighted by Crippen LogP contribution is 2.32. The number of hydrogen-bond donors (Lipinski definition) is 2. The van der Waals surface area contributed by atoms with Gasteiger partial charge in [0.25, 0.3) is 5.91 Å². The largest absolute Gasteiger partial charge is 0.417 e. The lowest BCUT2D eigenvalue weighted by molar-refractivity contribution is -0.137.